The molecule has 4 aliphatic carbocycles. The van der Waals surface area contributed by atoms with Crippen molar-refractivity contribution < 1.29 is 0 Å². The molecule has 0 radical (unpaired) electrons. The highest BCUT2D eigenvalue weighted by atomic mass is 79.9. The molecule has 0 amide bonds. The van der Waals surface area contributed by atoms with Gasteiger partial charge in [0.15, 0.2) is 5.15 Å². The fourth-order valence-electron chi connectivity index (χ4n) is 4.86. The van der Waals surface area contributed by atoms with E-state index < -0.39 is 0 Å². The van der Waals surface area contributed by atoms with Crippen molar-refractivity contribution in [2.24, 2.45) is 23.7 Å². The minimum Gasteiger partial charge on any atom is -0.379 e. The van der Waals surface area contributed by atoms with Crippen molar-refractivity contribution >= 4 is 33.2 Å². The van der Waals surface area contributed by atoms with Gasteiger partial charge in [-0.05, 0) is 77.8 Å². The molecule has 19 heavy (non-hydrogen) atoms. The SMILES string of the molecule is Clc1ncc(Br)cc1NC1C2CC3CC(C2)CC1C3. The van der Waals surface area contributed by atoms with Gasteiger partial charge in [0.1, 0.15) is 0 Å². The summed E-state index contributed by atoms with van der Waals surface area (Å²) in [6, 6.07) is 2.67. The first-order valence-electron chi connectivity index (χ1n) is 7.26. The zero-order chi connectivity index (χ0) is 13.0. The highest BCUT2D eigenvalue weighted by Gasteiger charge is 2.48. The highest BCUT2D eigenvalue weighted by Crippen LogP contribution is 2.54. The first kappa shape index (κ1) is 12.5. The van der Waals surface area contributed by atoms with Crippen molar-refractivity contribution in [1.29, 1.82) is 0 Å². The number of hydrogen-bond acceptors (Lipinski definition) is 2. The van der Waals surface area contributed by atoms with Crippen LogP contribution in [-0.4, -0.2) is 11.0 Å². The standard InChI is InChI=1S/C15H18BrClN2/c16-12-6-13(15(17)18-7-12)19-14-10-2-8-1-9(4-10)5-11(14)3-8/h6-11,14,19H,1-5H2. The summed E-state index contributed by atoms with van der Waals surface area (Å²) in [7, 11) is 0. The third-order valence-electron chi connectivity index (χ3n) is 5.35. The van der Waals surface area contributed by atoms with Crippen LogP contribution < -0.4 is 5.32 Å². The molecule has 0 aliphatic heterocycles. The average Bonchev–Trinajstić information content (AvgIpc) is 2.37. The molecule has 5 rings (SSSR count). The normalized spacial score (nSPS) is 39.6. The molecule has 4 bridgehead atoms. The number of anilines is 1. The lowest BCUT2D eigenvalue weighted by Crippen LogP contribution is -2.51. The van der Waals surface area contributed by atoms with Gasteiger partial charge in [-0.3, -0.25) is 0 Å². The Morgan fingerprint density at radius 3 is 2.37 bits per heavy atom. The van der Waals surface area contributed by atoms with Crippen LogP contribution in [0.4, 0.5) is 5.69 Å². The van der Waals surface area contributed by atoms with E-state index in [9.17, 15) is 0 Å². The minimum absolute atomic E-state index is 0.594. The number of rotatable bonds is 2. The second kappa shape index (κ2) is 4.63. The molecule has 0 saturated heterocycles. The van der Waals surface area contributed by atoms with Crippen LogP contribution in [0.25, 0.3) is 0 Å². The predicted molar refractivity (Wildman–Crippen MR) is 81.4 cm³/mol. The van der Waals surface area contributed by atoms with E-state index in [1.807, 2.05) is 0 Å². The van der Waals surface area contributed by atoms with Gasteiger partial charge in [0.05, 0.1) is 5.69 Å². The molecule has 1 aromatic rings. The van der Waals surface area contributed by atoms with Crippen LogP contribution in [0.15, 0.2) is 16.7 Å². The molecule has 4 heteroatoms. The van der Waals surface area contributed by atoms with Gasteiger partial charge in [0.25, 0.3) is 0 Å². The summed E-state index contributed by atoms with van der Waals surface area (Å²) in [6.07, 6.45) is 8.93. The molecule has 1 N–H and O–H groups in total. The Labute approximate surface area is 127 Å². The van der Waals surface area contributed by atoms with E-state index >= 15 is 0 Å². The lowest BCUT2D eigenvalue weighted by molar-refractivity contribution is 0.00753. The van der Waals surface area contributed by atoms with Gasteiger partial charge < -0.3 is 5.32 Å². The minimum atomic E-state index is 0.594. The summed E-state index contributed by atoms with van der Waals surface area (Å²) < 4.78 is 0.989. The summed E-state index contributed by atoms with van der Waals surface area (Å²) in [6.45, 7) is 0. The number of nitrogens with one attached hydrogen (secondary N) is 1. The molecule has 1 aromatic heterocycles. The molecule has 4 saturated carbocycles. The van der Waals surface area contributed by atoms with Gasteiger partial charge in [0.2, 0.25) is 0 Å². The molecule has 102 valence electrons. The smallest absolute Gasteiger partial charge is 0.152 e. The largest absolute Gasteiger partial charge is 0.379 e. The summed E-state index contributed by atoms with van der Waals surface area (Å²) in [5.74, 6) is 3.73. The Kier molecular flexibility index (Phi) is 3.03. The molecular weight excluding hydrogens is 324 g/mol. The average molecular weight is 342 g/mol. The molecule has 0 unspecified atom stereocenters. The van der Waals surface area contributed by atoms with Crippen LogP contribution in [0, 0.1) is 23.7 Å². The van der Waals surface area contributed by atoms with Gasteiger partial charge in [0, 0.05) is 16.7 Å². The first-order valence-corrected chi connectivity index (χ1v) is 8.43. The third-order valence-corrected chi connectivity index (χ3v) is 6.09. The van der Waals surface area contributed by atoms with Gasteiger partial charge in [-0.1, -0.05) is 11.6 Å². The zero-order valence-electron chi connectivity index (χ0n) is 10.8. The van der Waals surface area contributed by atoms with E-state index in [1.54, 1.807) is 6.20 Å². The molecule has 0 spiro atoms. The number of nitrogens with zero attached hydrogens (tertiary/aromatic N) is 1. The maximum absolute atomic E-state index is 6.22. The molecule has 1 heterocycles. The second-order valence-electron chi connectivity index (χ2n) is 6.59. The van der Waals surface area contributed by atoms with Crippen molar-refractivity contribution in [1.82, 2.24) is 4.98 Å². The van der Waals surface area contributed by atoms with Crippen molar-refractivity contribution in [3.05, 3.63) is 21.9 Å². The van der Waals surface area contributed by atoms with Crippen molar-refractivity contribution in [3.63, 3.8) is 0 Å². The third kappa shape index (κ3) is 2.19. The van der Waals surface area contributed by atoms with Crippen LogP contribution in [0.3, 0.4) is 0 Å². The van der Waals surface area contributed by atoms with Crippen molar-refractivity contribution in [3.8, 4) is 0 Å². The maximum atomic E-state index is 6.22. The van der Waals surface area contributed by atoms with E-state index in [-0.39, 0.29) is 0 Å². The van der Waals surface area contributed by atoms with E-state index in [0.717, 1.165) is 33.8 Å². The Morgan fingerprint density at radius 1 is 1.11 bits per heavy atom. The molecule has 0 atom stereocenters. The molecule has 4 aliphatic rings. The van der Waals surface area contributed by atoms with E-state index in [4.69, 9.17) is 11.6 Å². The molecule has 2 nitrogen and oxygen atoms in total. The van der Waals surface area contributed by atoms with Crippen LogP contribution in [-0.2, 0) is 0 Å². The quantitative estimate of drug-likeness (QED) is 0.786. The van der Waals surface area contributed by atoms with Crippen LogP contribution >= 0.6 is 27.5 Å². The Hall–Kier alpha value is -0.280. The highest BCUT2D eigenvalue weighted by molar-refractivity contribution is 9.10. The first-order chi connectivity index (χ1) is 9.19. The molecule has 0 aromatic carbocycles. The Bertz CT molecular complexity index is 477. The van der Waals surface area contributed by atoms with E-state index in [0.29, 0.717) is 11.2 Å². The maximum Gasteiger partial charge on any atom is 0.152 e. The van der Waals surface area contributed by atoms with Crippen molar-refractivity contribution in [2.75, 3.05) is 5.32 Å². The van der Waals surface area contributed by atoms with E-state index in [2.05, 4.69) is 32.3 Å². The van der Waals surface area contributed by atoms with Crippen molar-refractivity contribution in [2.45, 2.75) is 38.1 Å². The summed E-state index contributed by atoms with van der Waals surface area (Å²) >= 11 is 9.69. The predicted octanol–water partition coefficient (Wildman–Crippen LogP) is 4.73. The van der Waals surface area contributed by atoms with Crippen LogP contribution in [0.5, 0.6) is 0 Å². The zero-order valence-corrected chi connectivity index (χ0v) is 13.1. The van der Waals surface area contributed by atoms with Gasteiger partial charge in [-0.2, -0.15) is 0 Å². The summed E-state index contributed by atoms with van der Waals surface area (Å²) in [5, 5.41) is 4.30. The van der Waals surface area contributed by atoms with Crippen LogP contribution in [0.1, 0.15) is 32.1 Å². The fraction of sp³-hybridized carbons (Fsp3) is 0.667. The number of aromatic nitrogens is 1. The number of pyridine rings is 1. The number of hydrogen-bond donors (Lipinski definition) is 1. The van der Waals surface area contributed by atoms with Gasteiger partial charge in [-0.15, -0.1) is 0 Å². The summed E-state index contributed by atoms with van der Waals surface area (Å²) in [4.78, 5) is 4.22. The molecular formula is C15H18BrClN2. The second-order valence-corrected chi connectivity index (χ2v) is 7.87. The Balaban J connectivity index is 1.58. The topological polar surface area (TPSA) is 24.9 Å². The summed E-state index contributed by atoms with van der Waals surface area (Å²) in [5.41, 5.74) is 0.994. The lowest BCUT2D eigenvalue weighted by atomic mass is 9.54. The fourth-order valence-corrected chi connectivity index (χ4v) is 5.35. The van der Waals surface area contributed by atoms with Gasteiger partial charge in [-0.25, -0.2) is 4.98 Å². The van der Waals surface area contributed by atoms with E-state index in [1.165, 1.54) is 32.1 Å². The number of halogens is 2. The van der Waals surface area contributed by atoms with Crippen LogP contribution in [0.2, 0.25) is 5.15 Å². The Morgan fingerprint density at radius 2 is 1.74 bits per heavy atom. The lowest BCUT2D eigenvalue weighted by Gasteiger charge is -2.54. The molecule has 4 fully saturated rings. The monoisotopic (exact) mass is 340 g/mol. The van der Waals surface area contributed by atoms with Gasteiger partial charge >= 0.3 is 0 Å².